The SMILES string of the molecule is COC(=O)N[C@H](C(=O)N1[C@@H]2CC[C@@H](C2)[C@H]1c1ncc(-c2ccc(-c3ccc(OS(=O)(=O)C(F)(F)F)c4c3CC3(CCCC3)C4)cc2)[nH]1)C(C)C. The van der Waals surface area contributed by atoms with Gasteiger partial charge in [0, 0.05) is 11.6 Å². The second-order valence-corrected chi connectivity index (χ2v) is 16.2. The topological polar surface area (TPSA) is 131 Å². The van der Waals surface area contributed by atoms with E-state index in [-0.39, 0.29) is 41.0 Å². The number of ether oxygens (including phenoxy) is 1. The highest BCUT2D eigenvalue weighted by Crippen LogP contribution is 2.54. The molecule has 1 spiro atoms. The first-order valence-electron chi connectivity index (χ1n) is 17.2. The van der Waals surface area contributed by atoms with Crippen LogP contribution in [0.3, 0.4) is 0 Å². The molecule has 3 aliphatic carbocycles. The Kier molecular flexibility index (Phi) is 8.67. The summed E-state index contributed by atoms with van der Waals surface area (Å²) in [5.74, 6) is 0.396. The molecule has 4 atom stereocenters. The predicted octanol–water partition coefficient (Wildman–Crippen LogP) is 7.06. The zero-order valence-corrected chi connectivity index (χ0v) is 29.0. The summed E-state index contributed by atoms with van der Waals surface area (Å²) in [6, 6.07) is 9.85. The number of hydrogen-bond donors (Lipinski definition) is 2. The minimum atomic E-state index is -5.80. The maximum Gasteiger partial charge on any atom is 0.534 e. The van der Waals surface area contributed by atoms with E-state index in [9.17, 15) is 31.2 Å². The second kappa shape index (κ2) is 12.6. The number of aromatic nitrogens is 2. The summed E-state index contributed by atoms with van der Waals surface area (Å²) in [5, 5.41) is 2.71. The molecule has 2 aromatic carbocycles. The van der Waals surface area contributed by atoms with Gasteiger partial charge in [0.2, 0.25) is 5.91 Å². The number of carbonyl (C=O) groups is 2. The molecule has 2 saturated carbocycles. The van der Waals surface area contributed by atoms with Crippen LogP contribution in [0.15, 0.2) is 42.6 Å². The second-order valence-electron chi connectivity index (χ2n) is 14.6. The Balaban J connectivity index is 1.15. The normalized spacial score (nSPS) is 23.0. The molecule has 0 unspecified atom stereocenters. The first-order valence-corrected chi connectivity index (χ1v) is 18.6. The van der Waals surface area contributed by atoms with Crippen molar-refractivity contribution in [3.63, 3.8) is 0 Å². The summed E-state index contributed by atoms with van der Waals surface area (Å²) in [7, 11) is -4.53. The van der Waals surface area contributed by atoms with Gasteiger partial charge in [-0.15, -0.1) is 0 Å². The van der Waals surface area contributed by atoms with Crippen LogP contribution in [0, 0.1) is 17.3 Å². The number of hydrogen-bond acceptors (Lipinski definition) is 7. The Bertz CT molecular complexity index is 1900. The van der Waals surface area contributed by atoms with Gasteiger partial charge in [-0.2, -0.15) is 21.6 Å². The van der Waals surface area contributed by atoms with Gasteiger partial charge in [0.15, 0.2) is 0 Å². The molecule has 7 rings (SSSR count). The van der Waals surface area contributed by atoms with Gasteiger partial charge in [-0.3, -0.25) is 4.79 Å². The molecule has 2 heterocycles. The molecule has 50 heavy (non-hydrogen) atoms. The molecular formula is C36H41F3N4O6S. The third-order valence-electron chi connectivity index (χ3n) is 11.3. The Morgan fingerprint density at radius 3 is 2.36 bits per heavy atom. The number of halogens is 3. The fraction of sp³-hybridized carbons (Fsp3) is 0.528. The Labute approximate surface area is 289 Å². The summed E-state index contributed by atoms with van der Waals surface area (Å²) in [6.07, 6.45) is 8.91. The fourth-order valence-corrected chi connectivity index (χ4v) is 9.34. The van der Waals surface area contributed by atoms with Crippen molar-refractivity contribution < 1.29 is 40.1 Å². The molecule has 3 fully saturated rings. The summed E-state index contributed by atoms with van der Waals surface area (Å²) >= 11 is 0. The van der Waals surface area contributed by atoms with Crippen LogP contribution in [0.4, 0.5) is 18.0 Å². The highest BCUT2D eigenvalue weighted by molar-refractivity contribution is 7.88. The smallest absolute Gasteiger partial charge is 0.453 e. The molecule has 2 amide bonds. The average molecular weight is 715 g/mol. The average Bonchev–Trinajstić information content (AvgIpc) is 3.92. The van der Waals surface area contributed by atoms with Crippen molar-refractivity contribution in [1.82, 2.24) is 20.2 Å². The Morgan fingerprint density at radius 2 is 1.70 bits per heavy atom. The predicted molar refractivity (Wildman–Crippen MR) is 178 cm³/mol. The molecule has 268 valence electrons. The van der Waals surface area contributed by atoms with Gasteiger partial charge in [-0.05, 0) is 90.5 Å². The van der Waals surface area contributed by atoms with E-state index in [1.54, 1.807) is 12.3 Å². The number of aromatic amines is 1. The zero-order valence-electron chi connectivity index (χ0n) is 28.2. The number of methoxy groups -OCH3 is 1. The first-order chi connectivity index (χ1) is 23.7. The first kappa shape index (κ1) is 34.4. The Hall–Kier alpha value is -4.07. The maximum absolute atomic E-state index is 13.9. The van der Waals surface area contributed by atoms with Crippen molar-refractivity contribution in [2.24, 2.45) is 17.3 Å². The lowest BCUT2D eigenvalue weighted by Gasteiger charge is -2.37. The number of fused-ring (bicyclic) bond motifs is 3. The zero-order chi connectivity index (χ0) is 35.6. The van der Waals surface area contributed by atoms with Gasteiger partial charge in [0.25, 0.3) is 0 Å². The molecule has 3 aromatic rings. The molecule has 4 aliphatic rings. The summed E-state index contributed by atoms with van der Waals surface area (Å²) in [4.78, 5) is 36.0. The number of imidazole rings is 1. The van der Waals surface area contributed by atoms with Gasteiger partial charge < -0.3 is 24.1 Å². The van der Waals surface area contributed by atoms with Crippen molar-refractivity contribution in [2.75, 3.05) is 7.11 Å². The molecule has 14 heteroatoms. The van der Waals surface area contributed by atoms with Crippen LogP contribution < -0.4 is 9.50 Å². The number of benzene rings is 2. The van der Waals surface area contributed by atoms with Crippen molar-refractivity contribution in [2.45, 2.75) is 95.3 Å². The summed E-state index contributed by atoms with van der Waals surface area (Å²) < 4.78 is 73.1. The summed E-state index contributed by atoms with van der Waals surface area (Å²) in [5.41, 5.74) is -0.932. The minimum Gasteiger partial charge on any atom is -0.453 e. The number of H-pyrrole nitrogens is 1. The lowest BCUT2D eigenvalue weighted by atomic mass is 9.83. The lowest BCUT2D eigenvalue weighted by Crippen LogP contribution is -2.54. The van der Waals surface area contributed by atoms with Crippen LogP contribution in [-0.4, -0.2) is 60.0 Å². The van der Waals surface area contributed by atoms with E-state index >= 15 is 0 Å². The van der Waals surface area contributed by atoms with Crippen LogP contribution in [0.2, 0.25) is 0 Å². The van der Waals surface area contributed by atoms with E-state index in [4.69, 9.17) is 13.9 Å². The molecule has 1 aromatic heterocycles. The van der Waals surface area contributed by atoms with E-state index in [1.165, 1.54) is 13.2 Å². The third kappa shape index (κ3) is 6.02. The molecule has 2 bridgehead atoms. The van der Waals surface area contributed by atoms with Crippen LogP contribution in [0.1, 0.15) is 81.8 Å². The van der Waals surface area contributed by atoms with E-state index < -0.39 is 27.8 Å². The highest BCUT2D eigenvalue weighted by atomic mass is 32.2. The molecule has 2 N–H and O–H groups in total. The third-order valence-corrected chi connectivity index (χ3v) is 12.2. The highest BCUT2D eigenvalue weighted by Gasteiger charge is 2.52. The number of likely N-dealkylation sites (tertiary alicyclic amines) is 1. The van der Waals surface area contributed by atoms with Crippen molar-refractivity contribution in [3.05, 3.63) is 59.5 Å². The van der Waals surface area contributed by atoms with Gasteiger partial charge in [0.05, 0.1) is 25.0 Å². The molecule has 1 saturated heterocycles. The van der Waals surface area contributed by atoms with Crippen molar-refractivity contribution in [3.8, 4) is 28.1 Å². The van der Waals surface area contributed by atoms with Crippen LogP contribution in [-0.2, 0) is 32.5 Å². The Morgan fingerprint density at radius 1 is 1.02 bits per heavy atom. The summed E-state index contributed by atoms with van der Waals surface area (Å²) in [6.45, 7) is 3.77. The fourth-order valence-electron chi connectivity index (χ4n) is 8.85. The molecule has 0 radical (unpaired) electrons. The van der Waals surface area contributed by atoms with E-state index in [0.717, 1.165) is 72.9 Å². The van der Waals surface area contributed by atoms with Crippen molar-refractivity contribution in [1.29, 1.82) is 0 Å². The minimum absolute atomic E-state index is 0.0708. The molecular weight excluding hydrogens is 673 g/mol. The van der Waals surface area contributed by atoms with E-state index in [2.05, 4.69) is 10.3 Å². The van der Waals surface area contributed by atoms with E-state index in [1.807, 2.05) is 43.0 Å². The van der Waals surface area contributed by atoms with E-state index in [0.29, 0.717) is 24.2 Å². The van der Waals surface area contributed by atoms with Gasteiger partial charge in [0.1, 0.15) is 17.6 Å². The number of alkyl carbamates (subject to hydrolysis) is 1. The van der Waals surface area contributed by atoms with Gasteiger partial charge in [-0.25, -0.2) is 9.78 Å². The standard InChI is InChI=1S/C36H41F3N4O6S/c1-20(2)30(42-34(45)48-3)33(44)43-24-11-10-23(16-24)31(43)32-40-19-28(41-32)22-8-6-21(7-9-22)25-12-13-29(49-50(46,47)36(37,38)39)27-18-35(17-26(25)27)14-4-5-15-35/h6-9,12-13,19-20,23-24,30-31H,4-5,10-11,14-18H2,1-3H3,(H,40,41)(H,42,45)/t23-,24+,30-,31-/m0/s1. The number of piperidine rings is 1. The monoisotopic (exact) mass is 714 g/mol. The number of carbonyl (C=O) groups excluding carboxylic acids is 2. The van der Waals surface area contributed by atoms with Gasteiger partial charge in [-0.1, -0.05) is 57.0 Å². The van der Waals surface area contributed by atoms with Gasteiger partial charge >= 0.3 is 21.7 Å². The number of nitrogens with zero attached hydrogens (tertiary/aromatic N) is 2. The van der Waals surface area contributed by atoms with Crippen LogP contribution in [0.5, 0.6) is 5.75 Å². The number of alkyl halides is 3. The number of rotatable bonds is 8. The number of nitrogens with one attached hydrogen (secondary N) is 2. The van der Waals surface area contributed by atoms with Crippen molar-refractivity contribution >= 4 is 22.1 Å². The molecule has 1 aliphatic heterocycles. The van der Waals surface area contributed by atoms with Crippen LogP contribution >= 0.6 is 0 Å². The number of amides is 2. The molecule has 10 nitrogen and oxygen atoms in total. The van der Waals surface area contributed by atoms with Crippen LogP contribution in [0.25, 0.3) is 22.4 Å². The quantitative estimate of drug-likeness (QED) is 0.189. The lowest BCUT2D eigenvalue weighted by molar-refractivity contribution is -0.139. The maximum atomic E-state index is 13.9. The largest absolute Gasteiger partial charge is 0.534 e.